The number of carbonyl (C=O) groups excluding carboxylic acids is 2. The van der Waals surface area contributed by atoms with Crippen LogP contribution >= 0.6 is 22.9 Å². The topological polar surface area (TPSA) is 94.8 Å². The molecule has 1 aliphatic rings. The SMILES string of the molecule is CCOC(=O)c1c(NC(=O)COc2c(-c3ccc(C(C)(C)C)cc3)oc3ccc(Cl)cc3c2=O)sc2c1CCCC2. The summed E-state index contributed by atoms with van der Waals surface area (Å²) in [6.07, 6.45) is 3.64. The van der Waals surface area contributed by atoms with Crippen molar-refractivity contribution in [3.8, 4) is 17.1 Å². The van der Waals surface area contributed by atoms with Crippen LogP contribution < -0.4 is 15.5 Å². The number of esters is 1. The van der Waals surface area contributed by atoms with Crippen molar-refractivity contribution in [2.45, 2.75) is 58.8 Å². The third-order valence-electron chi connectivity index (χ3n) is 7.08. The molecule has 0 aliphatic heterocycles. The van der Waals surface area contributed by atoms with Crippen LogP contribution in [0.25, 0.3) is 22.3 Å². The van der Waals surface area contributed by atoms with Gasteiger partial charge in [-0.05, 0) is 67.3 Å². The Kier molecular flexibility index (Phi) is 8.25. The van der Waals surface area contributed by atoms with Gasteiger partial charge in [0.2, 0.25) is 11.2 Å². The van der Waals surface area contributed by atoms with E-state index in [1.54, 1.807) is 19.1 Å². The first-order chi connectivity index (χ1) is 19.6. The first-order valence-corrected chi connectivity index (χ1v) is 14.9. The molecule has 0 saturated carbocycles. The number of carbonyl (C=O) groups is 2. The predicted octanol–water partition coefficient (Wildman–Crippen LogP) is 7.55. The van der Waals surface area contributed by atoms with Crippen molar-refractivity contribution in [2.75, 3.05) is 18.5 Å². The lowest BCUT2D eigenvalue weighted by atomic mass is 9.86. The van der Waals surface area contributed by atoms with E-state index < -0.39 is 23.9 Å². The van der Waals surface area contributed by atoms with E-state index in [1.165, 1.54) is 17.4 Å². The highest BCUT2D eigenvalue weighted by Crippen LogP contribution is 2.39. The van der Waals surface area contributed by atoms with Crippen molar-refractivity contribution < 1.29 is 23.5 Å². The molecule has 0 saturated heterocycles. The number of nitrogens with one attached hydrogen (secondary N) is 1. The van der Waals surface area contributed by atoms with E-state index in [4.69, 9.17) is 25.5 Å². The van der Waals surface area contributed by atoms with E-state index in [1.807, 2.05) is 24.3 Å². The second-order valence-corrected chi connectivity index (χ2v) is 12.6. The molecule has 0 unspecified atom stereocenters. The van der Waals surface area contributed by atoms with Gasteiger partial charge in [-0.1, -0.05) is 56.6 Å². The molecule has 4 aromatic rings. The summed E-state index contributed by atoms with van der Waals surface area (Å²) in [5.74, 6) is -0.823. The zero-order valence-corrected chi connectivity index (χ0v) is 25.1. The smallest absolute Gasteiger partial charge is 0.341 e. The maximum atomic E-state index is 13.6. The fourth-order valence-electron chi connectivity index (χ4n) is 4.97. The lowest BCUT2D eigenvalue weighted by Crippen LogP contribution is -2.23. The Bertz CT molecular complexity index is 1680. The Labute approximate surface area is 247 Å². The van der Waals surface area contributed by atoms with Crippen molar-refractivity contribution in [3.05, 3.63) is 79.3 Å². The van der Waals surface area contributed by atoms with Crippen molar-refractivity contribution in [1.82, 2.24) is 0 Å². The molecule has 0 spiro atoms. The first-order valence-electron chi connectivity index (χ1n) is 13.7. The van der Waals surface area contributed by atoms with Gasteiger partial charge in [-0.2, -0.15) is 0 Å². The predicted molar refractivity (Wildman–Crippen MR) is 163 cm³/mol. The molecule has 0 fully saturated rings. The quantitative estimate of drug-likeness (QED) is 0.222. The van der Waals surface area contributed by atoms with Gasteiger partial charge in [0.15, 0.2) is 12.4 Å². The Morgan fingerprint density at radius 1 is 1.07 bits per heavy atom. The number of amides is 1. The summed E-state index contributed by atoms with van der Waals surface area (Å²) in [7, 11) is 0. The number of hydrogen-bond acceptors (Lipinski definition) is 7. The van der Waals surface area contributed by atoms with Gasteiger partial charge in [0.05, 0.1) is 17.6 Å². The highest BCUT2D eigenvalue weighted by Gasteiger charge is 2.28. The van der Waals surface area contributed by atoms with E-state index in [-0.39, 0.29) is 28.9 Å². The average Bonchev–Trinajstić information content (AvgIpc) is 3.30. The summed E-state index contributed by atoms with van der Waals surface area (Å²) < 4.78 is 17.3. The van der Waals surface area contributed by atoms with Gasteiger partial charge in [0.25, 0.3) is 5.91 Å². The summed E-state index contributed by atoms with van der Waals surface area (Å²) in [5, 5.41) is 3.90. The van der Waals surface area contributed by atoms with Crippen molar-refractivity contribution in [3.63, 3.8) is 0 Å². The number of thiophene rings is 1. The minimum absolute atomic E-state index is 0.0552. The second kappa shape index (κ2) is 11.7. The van der Waals surface area contributed by atoms with E-state index in [9.17, 15) is 14.4 Å². The van der Waals surface area contributed by atoms with Gasteiger partial charge in [0, 0.05) is 15.5 Å². The van der Waals surface area contributed by atoms with Crippen LogP contribution in [-0.2, 0) is 27.8 Å². The van der Waals surface area contributed by atoms with Gasteiger partial charge in [0.1, 0.15) is 10.6 Å². The normalized spacial score (nSPS) is 13.1. The summed E-state index contributed by atoms with van der Waals surface area (Å²) in [6.45, 7) is 7.88. The third-order valence-corrected chi connectivity index (χ3v) is 8.52. The molecule has 0 radical (unpaired) electrons. The third kappa shape index (κ3) is 6.04. The summed E-state index contributed by atoms with van der Waals surface area (Å²) in [4.78, 5) is 40.6. The molecule has 2 aromatic heterocycles. The number of rotatable bonds is 7. The molecule has 1 N–H and O–H groups in total. The van der Waals surface area contributed by atoms with Crippen molar-refractivity contribution >= 4 is 50.8 Å². The van der Waals surface area contributed by atoms with Crippen LogP contribution in [-0.4, -0.2) is 25.1 Å². The zero-order valence-electron chi connectivity index (χ0n) is 23.5. The molecular formula is C32H32ClNO6S. The average molecular weight is 594 g/mol. The molecule has 5 rings (SSSR count). The van der Waals surface area contributed by atoms with Crippen molar-refractivity contribution in [1.29, 1.82) is 0 Å². The zero-order chi connectivity index (χ0) is 29.3. The number of anilines is 1. The van der Waals surface area contributed by atoms with Gasteiger partial charge in [-0.25, -0.2) is 4.79 Å². The van der Waals surface area contributed by atoms with Gasteiger partial charge < -0.3 is 19.2 Å². The minimum Gasteiger partial charge on any atom is -0.476 e. The lowest BCUT2D eigenvalue weighted by molar-refractivity contribution is -0.118. The van der Waals surface area contributed by atoms with Crippen LogP contribution in [0.15, 0.2) is 51.7 Å². The van der Waals surface area contributed by atoms with Crippen LogP contribution in [0.5, 0.6) is 5.75 Å². The van der Waals surface area contributed by atoms with Crippen LogP contribution in [0.2, 0.25) is 5.02 Å². The monoisotopic (exact) mass is 593 g/mol. The Morgan fingerprint density at radius 3 is 2.51 bits per heavy atom. The second-order valence-electron chi connectivity index (χ2n) is 11.0. The van der Waals surface area contributed by atoms with Crippen LogP contribution in [0.4, 0.5) is 5.00 Å². The van der Waals surface area contributed by atoms with Crippen LogP contribution in [0.1, 0.15) is 66.9 Å². The number of ether oxygens (including phenoxy) is 2. The van der Waals surface area contributed by atoms with E-state index >= 15 is 0 Å². The van der Waals surface area contributed by atoms with Crippen LogP contribution in [0.3, 0.4) is 0 Å². The molecular weight excluding hydrogens is 562 g/mol. The largest absolute Gasteiger partial charge is 0.476 e. The minimum atomic E-state index is -0.506. The number of hydrogen-bond donors (Lipinski definition) is 1. The van der Waals surface area contributed by atoms with Gasteiger partial charge in [-0.15, -0.1) is 11.3 Å². The summed E-state index contributed by atoms with van der Waals surface area (Å²) >= 11 is 7.55. The number of halogens is 1. The number of fused-ring (bicyclic) bond motifs is 2. The van der Waals surface area contributed by atoms with Gasteiger partial charge >= 0.3 is 5.97 Å². The fraction of sp³-hybridized carbons (Fsp3) is 0.344. The molecule has 9 heteroatoms. The first kappa shape index (κ1) is 28.9. The molecule has 1 aliphatic carbocycles. The highest BCUT2D eigenvalue weighted by atomic mass is 35.5. The molecule has 2 aromatic carbocycles. The standard InChI is InChI=1S/C32H32ClNO6S/c1-5-38-31(37)26-21-8-6-7-9-24(21)41-30(26)34-25(35)17-39-29-27(36)22-16-20(33)14-15-23(22)40-28(29)18-10-12-19(13-11-18)32(2,3)4/h10-16H,5-9,17H2,1-4H3,(H,34,35). The molecule has 7 nitrogen and oxygen atoms in total. The van der Waals surface area contributed by atoms with E-state index in [2.05, 4.69) is 26.1 Å². The summed E-state index contributed by atoms with van der Waals surface area (Å²) in [5.41, 5.74) is 2.99. The highest BCUT2D eigenvalue weighted by molar-refractivity contribution is 7.17. The number of benzene rings is 2. The van der Waals surface area contributed by atoms with E-state index in [0.717, 1.165) is 41.7 Å². The van der Waals surface area contributed by atoms with Gasteiger partial charge in [-0.3, -0.25) is 9.59 Å². The lowest BCUT2D eigenvalue weighted by Gasteiger charge is -2.19. The number of aryl methyl sites for hydroxylation is 1. The van der Waals surface area contributed by atoms with Crippen LogP contribution in [0, 0.1) is 0 Å². The molecule has 41 heavy (non-hydrogen) atoms. The van der Waals surface area contributed by atoms with E-state index in [0.29, 0.717) is 26.7 Å². The Balaban J connectivity index is 1.46. The Morgan fingerprint density at radius 2 is 1.80 bits per heavy atom. The molecule has 1 amide bonds. The molecule has 214 valence electrons. The summed E-state index contributed by atoms with van der Waals surface area (Å²) in [6, 6.07) is 12.5. The molecule has 0 bridgehead atoms. The molecule has 2 heterocycles. The molecule has 0 atom stereocenters. The maximum Gasteiger partial charge on any atom is 0.341 e. The maximum absolute atomic E-state index is 13.6. The van der Waals surface area contributed by atoms with Crippen molar-refractivity contribution in [2.24, 2.45) is 0 Å². The Hall–Kier alpha value is -3.62. The fourth-order valence-corrected chi connectivity index (χ4v) is 6.43.